The van der Waals surface area contributed by atoms with Crippen molar-refractivity contribution in [1.29, 1.82) is 0 Å². The molecule has 124 valence electrons. The van der Waals surface area contributed by atoms with Crippen molar-refractivity contribution in [2.75, 3.05) is 23.3 Å². The molecular weight excluding hydrogens is 339 g/mol. The van der Waals surface area contributed by atoms with Crippen LogP contribution in [0.25, 0.3) is 10.2 Å². The molecule has 9 heteroatoms. The number of aromatic nitrogens is 3. The lowest BCUT2D eigenvalue weighted by molar-refractivity contribution is -0.137. The van der Waals surface area contributed by atoms with Crippen LogP contribution in [0.5, 0.6) is 0 Å². The van der Waals surface area contributed by atoms with Crippen LogP contribution in [0.2, 0.25) is 0 Å². The van der Waals surface area contributed by atoms with Crippen LogP contribution in [-0.2, 0) is 6.18 Å². The predicted molar refractivity (Wildman–Crippen MR) is 86.3 cm³/mol. The number of nitrogens with one attached hydrogen (secondary N) is 1. The first kappa shape index (κ1) is 15.1. The van der Waals surface area contributed by atoms with Gasteiger partial charge in [0.15, 0.2) is 0 Å². The van der Waals surface area contributed by atoms with Crippen molar-refractivity contribution in [3.63, 3.8) is 0 Å². The highest BCUT2D eigenvalue weighted by Gasteiger charge is 2.32. The molecule has 1 N–H and O–H groups in total. The summed E-state index contributed by atoms with van der Waals surface area (Å²) >= 11 is 1.59. The van der Waals surface area contributed by atoms with Crippen LogP contribution in [-0.4, -0.2) is 34.1 Å². The summed E-state index contributed by atoms with van der Waals surface area (Å²) in [5.74, 6) is 1.34. The quantitative estimate of drug-likeness (QED) is 0.784. The number of fused-ring (bicyclic) bond motifs is 1. The zero-order chi connectivity index (χ0) is 16.7. The number of nitrogens with zero attached hydrogens (tertiary/aromatic N) is 4. The van der Waals surface area contributed by atoms with Crippen LogP contribution in [0.3, 0.4) is 0 Å². The molecule has 0 saturated carbocycles. The van der Waals surface area contributed by atoms with E-state index in [0.717, 1.165) is 28.3 Å². The lowest BCUT2D eigenvalue weighted by Gasteiger charge is -2.40. The van der Waals surface area contributed by atoms with E-state index in [2.05, 4.69) is 25.2 Å². The third kappa shape index (κ3) is 2.75. The number of hydrogen-bond acceptors (Lipinski definition) is 6. The Hall–Kier alpha value is -2.42. The molecule has 1 aliphatic heterocycles. The molecular formula is C15H12F3N5S. The van der Waals surface area contributed by atoms with Gasteiger partial charge in [-0.25, -0.2) is 15.0 Å². The van der Waals surface area contributed by atoms with Crippen molar-refractivity contribution in [3.05, 3.63) is 41.7 Å². The van der Waals surface area contributed by atoms with Gasteiger partial charge < -0.3 is 10.2 Å². The second-order valence-electron chi connectivity index (χ2n) is 5.51. The number of pyridine rings is 1. The van der Waals surface area contributed by atoms with E-state index >= 15 is 0 Å². The van der Waals surface area contributed by atoms with E-state index in [1.54, 1.807) is 17.7 Å². The van der Waals surface area contributed by atoms with Crippen molar-refractivity contribution < 1.29 is 13.2 Å². The molecule has 3 aromatic rings. The fraction of sp³-hybridized carbons (Fsp3) is 0.267. The third-order valence-electron chi connectivity index (χ3n) is 3.85. The summed E-state index contributed by atoms with van der Waals surface area (Å²) in [6.45, 7) is 1.43. The summed E-state index contributed by atoms with van der Waals surface area (Å²) in [6, 6.07) is 4.46. The summed E-state index contributed by atoms with van der Waals surface area (Å²) in [7, 11) is 0. The number of thiophene rings is 1. The first-order chi connectivity index (χ1) is 11.5. The molecule has 0 aromatic carbocycles. The van der Waals surface area contributed by atoms with Crippen LogP contribution in [0, 0.1) is 0 Å². The highest BCUT2D eigenvalue weighted by molar-refractivity contribution is 7.17. The fourth-order valence-electron chi connectivity index (χ4n) is 2.60. The van der Waals surface area contributed by atoms with Crippen LogP contribution in [0.15, 0.2) is 36.1 Å². The van der Waals surface area contributed by atoms with Gasteiger partial charge in [-0.15, -0.1) is 11.3 Å². The maximum Gasteiger partial charge on any atom is 0.417 e. The van der Waals surface area contributed by atoms with Gasteiger partial charge in [0.25, 0.3) is 0 Å². The van der Waals surface area contributed by atoms with Crippen molar-refractivity contribution in [1.82, 2.24) is 15.0 Å². The Bertz CT molecular complexity index is 855. The standard InChI is InChI=1S/C15H12F3N5S/c16-15(17,18)9-1-2-12(19-5-9)22-10-6-23(7-10)14-13-11(3-4-24-13)20-8-21-14/h1-5,8,10H,6-7H2,(H,19,22). The minimum Gasteiger partial charge on any atom is -0.364 e. The zero-order valence-electron chi connectivity index (χ0n) is 12.3. The molecule has 0 amide bonds. The van der Waals surface area contributed by atoms with Crippen molar-refractivity contribution >= 4 is 33.2 Å². The Morgan fingerprint density at radius 2 is 1.96 bits per heavy atom. The molecule has 4 rings (SSSR count). The number of anilines is 2. The largest absolute Gasteiger partial charge is 0.417 e. The average Bonchev–Trinajstić information content (AvgIpc) is 2.99. The molecule has 0 unspecified atom stereocenters. The lowest BCUT2D eigenvalue weighted by Crippen LogP contribution is -2.55. The Morgan fingerprint density at radius 1 is 1.12 bits per heavy atom. The number of rotatable bonds is 3. The van der Waals surface area contributed by atoms with E-state index in [-0.39, 0.29) is 6.04 Å². The Kier molecular flexibility index (Phi) is 3.52. The zero-order valence-corrected chi connectivity index (χ0v) is 13.1. The van der Waals surface area contributed by atoms with Crippen LogP contribution in [0.1, 0.15) is 5.56 Å². The van der Waals surface area contributed by atoms with E-state index in [9.17, 15) is 13.2 Å². The fourth-order valence-corrected chi connectivity index (χ4v) is 3.46. The molecule has 24 heavy (non-hydrogen) atoms. The van der Waals surface area contributed by atoms with Gasteiger partial charge in [-0.2, -0.15) is 13.2 Å². The second kappa shape index (κ2) is 5.59. The maximum atomic E-state index is 12.5. The van der Waals surface area contributed by atoms with Gasteiger partial charge in [0.1, 0.15) is 18.0 Å². The second-order valence-corrected chi connectivity index (χ2v) is 6.42. The molecule has 3 aromatic heterocycles. The summed E-state index contributed by atoms with van der Waals surface area (Å²) < 4.78 is 38.6. The van der Waals surface area contributed by atoms with Crippen molar-refractivity contribution in [2.24, 2.45) is 0 Å². The lowest BCUT2D eigenvalue weighted by atomic mass is 10.1. The van der Waals surface area contributed by atoms with Crippen molar-refractivity contribution in [2.45, 2.75) is 12.2 Å². The van der Waals surface area contributed by atoms with Gasteiger partial charge >= 0.3 is 6.18 Å². The van der Waals surface area contributed by atoms with E-state index in [1.807, 2.05) is 11.4 Å². The van der Waals surface area contributed by atoms with Gasteiger partial charge in [-0.05, 0) is 23.6 Å². The minimum atomic E-state index is -4.36. The topological polar surface area (TPSA) is 53.9 Å². The molecule has 0 radical (unpaired) electrons. The highest BCUT2D eigenvalue weighted by atomic mass is 32.1. The first-order valence-electron chi connectivity index (χ1n) is 7.23. The molecule has 0 spiro atoms. The van der Waals surface area contributed by atoms with Gasteiger partial charge in [0, 0.05) is 19.3 Å². The molecule has 1 saturated heterocycles. The van der Waals surface area contributed by atoms with Gasteiger partial charge in [-0.1, -0.05) is 0 Å². The van der Waals surface area contributed by atoms with E-state index in [4.69, 9.17) is 0 Å². The smallest absolute Gasteiger partial charge is 0.364 e. The minimum absolute atomic E-state index is 0.124. The monoisotopic (exact) mass is 351 g/mol. The van der Waals surface area contributed by atoms with E-state index in [1.165, 1.54) is 6.07 Å². The summed E-state index contributed by atoms with van der Waals surface area (Å²) in [4.78, 5) is 14.5. The van der Waals surface area contributed by atoms with E-state index in [0.29, 0.717) is 18.9 Å². The van der Waals surface area contributed by atoms with Crippen LogP contribution in [0.4, 0.5) is 24.8 Å². The molecule has 0 atom stereocenters. The molecule has 0 aliphatic carbocycles. The average molecular weight is 351 g/mol. The maximum absolute atomic E-state index is 12.5. The molecule has 0 bridgehead atoms. The number of alkyl halides is 3. The van der Waals surface area contributed by atoms with Gasteiger partial charge in [-0.3, -0.25) is 0 Å². The Labute approximate surface area is 139 Å². The predicted octanol–water partition coefficient (Wildman–Crippen LogP) is 3.41. The summed E-state index contributed by atoms with van der Waals surface area (Å²) in [5.41, 5.74) is 0.176. The first-order valence-corrected chi connectivity index (χ1v) is 8.11. The molecule has 1 aliphatic rings. The SMILES string of the molecule is FC(F)(F)c1ccc(NC2CN(c3ncnc4ccsc34)C2)nc1. The number of halogens is 3. The molecule has 1 fully saturated rings. The van der Waals surface area contributed by atoms with Gasteiger partial charge in [0.2, 0.25) is 0 Å². The third-order valence-corrected chi connectivity index (χ3v) is 4.75. The normalized spacial score (nSPS) is 15.5. The van der Waals surface area contributed by atoms with Gasteiger partial charge in [0.05, 0.1) is 21.8 Å². The molecule has 4 heterocycles. The molecule has 5 nitrogen and oxygen atoms in total. The van der Waals surface area contributed by atoms with Crippen molar-refractivity contribution in [3.8, 4) is 0 Å². The van der Waals surface area contributed by atoms with E-state index < -0.39 is 11.7 Å². The number of hydrogen-bond donors (Lipinski definition) is 1. The summed E-state index contributed by atoms with van der Waals surface area (Å²) in [6.07, 6.45) is -1.97. The van der Waals surface area contributed by atoms with Crippen LogP contribution < -0.4 is 10.2 Å². The highest BCUT2D eigenvalue weighted by Crippen LogP contribution is 2.32. The Morgan fingerprint density at radius 3 is 2.67 bits per heavy atom. The van der Waals surface area contributed by atoms with Crippen LogP contribution >= 0.6 is 11.3 Å². The summed E-state index contributed by atoms with van der Waals surface area (Å²) in [5, 5.41) is 5.12. The Balaban J connectivity index is 1.40.